The first kappa shape index (κ1) is 16.2. The summed E-state index contributed by atoms with van der Waals surface area (Å²) in [7, 11) is 0. The Morgan fingerprint density at radius 2 is 2.21 bits per heavy atom. The van der Waals surface area contributed by atoms with Gasteiger partial charge in [-0.3, -0.25) is 9.69 Å². The summed E-state index contributed by atoms with van der Waals surface area (Å²) in [5.74, 6) is 3.67. The van der Waals surface area contributed by atoms with Crippen molar-refractivity contribution in [1.29, 1.82) is 0 Å². The molecular weight excluding hydrogens is 304 g/mol. The monoisotopic (exact) mass is 332 g/mol. The molecule has 24 heavy (non-hydrogen) atoms. The van der Waals surface area contributed by atoms with Crippen molar-refractivity contribution in [2.45, 2.75) is 63.6 Å². The second-order valence-corrected chi connectivity index (χ2v) is 7.88. The van der Waals surface area contributed by atoms with Crippen LogP contribution in [-0.2, 0) is 11.3 Å². The first-order chi connectivity index (χ1) is 11.6. The molecule has 3 aliphatic rings. The molecule has 5 heteroatoms. The van der Waals surface area contributed by atoms with E-state index in [9.17, 15) is 9.90 Å². The molecule has 2 saturated carbocycles. The van der Waals surface area contributed by atoms with Crippen LogP contribution < -0.4 is 0 Å². The van der Waals surface area contributed by atoms with Crippen LogP contribution >= 0.6 is 0 Å². The van der Waals surface area contributed by atoms with Crippen LogP contribution in [0.5, 0.6) is 0 Å². The lowest BCUT2D eigenvalue weighted by Gasteiger charge is -2.26. The van der Waals surface area contributed by atoms with E-state index in [1.807, 2.05) is 0 Å². The number of aliphatic hydroxyl groups excluding tert-OH is 1. The molecule has 0 radical (unpaired) electrons. The number of carbonyl (C=O) groups excluding carboxylic acids is 1. The van der Waals surface area contributed by atoms with Gasteiger partial charge in [0.05, 0.1) is 12.6 Å². The highest BCUT2D eigenvalue weighted by Gasteiger charge is 2.37. The van der Waals surface area contributed by atoms with Crippen molar-refractivity contribution in [3.8, 4) is 0 Å². The highest BCUT2D eigenvalue weighted by atomic mass is 16.3. The number of hydrogen-bond acceptors (Lipinski definition) is 4. The molecule has 132 valence electrons. The van der Waals surface area contributed by atoms with Gasteiger partial charge in [0.25, 0.3) is 0 Å². The third-order valence-electron chi connectivity index (χ3n) is 5.63. The Morgan fingerprint density at radius 3 is 2.83 bits per heavy atom. The maximum absolute atomic E-state index is 11.7. The summed E-state index contributed by atoms with van der Waals surface area (Å²) < 4.78 is 6.03. The van der Waals surface area contributed by atoms with Gasteiger partial charge in [0, 0.05) is 38.0 Å². The molecule has 1 amide bonds. The zero-order valence-corrected chi connectivity index (χ0v) is 14.5. The van der Waals surface area contributed by atoms with Crippen LogP contribution in [0.1, 0.15) is 56.5 Å². The maximum atomic E-state index is 11.7. The minimum atomic E-state index is -0.481. The Labute approximate surface area is 143 Å². The third-order valence-corrected chi connectivity index (χ3v) is 5.63. The van der Waals surface area contributed by atoms with Crippen LogP contribution in [0.3, 0.4) is 0 Å². The van der Waals surface area contributed by atoms with Crippen molar-refractivity contribution in [3.05, 3.63) is 23.7 Å². The van der Waals surface area contributed by atoms with E-state index in [0.29, 0.717) is 31.5 Å². The molecule has 2 aliphatic carbocycles. The van der Waals surface area contributed by atoms with E-state index in [0.717, 1.165) is 36.9 Å². The predicted molar refractivity (Wildman–Crippen MR) is 90.5 cm³/mol. The van der Waals surface area contributed by atoms with Gasteiger partial charge in [-0.15, -0.1) is 0 Å². The second-order valence-electron chi connectivity index (χ2n) is 7.88. The molecule has 0 aromatic carbocycles. The number of furan rings is 1. The molecule has 0 spiro atoms. The molecule has 5 nitrogen and oxygen atoms in total. The number of aliphatic hydroxyl groups is 1. The summed E-state index contributed by atoms with van der Waals surface area (Å²) in [6.45, 7) is 4.89. The Hall–Kier alpha value is -1.33. The van der Waals surface area contributed by atoms with Crippen LogP contribution in [0.4, 0.5) is 0 Å². The van der Waals surface area contributed by atoms with E-state index in [1.165, 1.54) is 19.3 Å². The lowest BCUT2D eigenvalue weighted by atomic mass is 10.2. The molecule has 3 atom stereocenters. The number of amides is 1. The number of rotatable bonds is 8. The molecular formula is C19H28N2O3. The number of nitrogens with zero attached hydrogens (tertiary/aromatic N) is 2. The van der Waals surface area contributed by atoms with Gasteiger partial charge in [0.1, 0.15) is 11.5 Å². The highest BCUT2D eigenvalue weighted by Crippen LogP contribution is 2.47. The lowest BCUT2D eigenvalue weighted by molar-refractivity contribution is -0.129. The van der Waals surface area contributed by atoms with Gasteiger partial charge in [0.2, 0.25) is 5.91 Å². The molecule has 1 aromatic heterocycles. The topological polar surface area (TPSA) is 56.9 Å². The third kappa shape index (κ3) is 3.67. The Kier molecular flexibility index (Phi) is 4.39. The summed E-state index contributed by atoms with van der Waals surface area (Å²) in [5, 5.41) is 10.4. The largest absolute Gasteiger partial charge is 0.464 e. The summed E-state index contributed by atoms with van der Waals surface area (Å²) in [6, 6.07) is 4.77. The van der Waals surface area contributed by atoms with Crippen molar-refractivity contribution >= 4 is 5.91 Å². The molecule has 2 heterocycles. The molecule has 1 N–H and O–H groups in total. The predicted octanol–water partition coefficient (Wildman–Crippen LogP) is 2.35. The number of hydrogen-bond donors (Lipinski definition) is 1. The standard InChI is InChI=1S/C19H28N2O3/c1-13-9-17(13)18-7-6-16(24-18)12-21(14-4-5-14)11-15(22)10-20-8-2-3-19(20)23/h6-7,13-15,17,22H,2-5,8-12H2,1H3. The zero-order chi connectivity index (χ0) is 16.7. The SMILES string of the molecule is CC1CC1c1ccc(CN(CC(O)CN2CCCC2=O)C2CC2)o1. The number of β-amino-alcohol motifs (C(OH)–C–C–N with tert-alkyl or cyclic N) is 1. The molecule has 1 saturated heterocycles. The highest BCUT2D eigenvalue weighted by molar-refractivity contribution is 5.78. The van der Waals surface area contributed by atoms with E-state index in [-0.39, 0.29) is 5.91 Å². The first-order valence-corrected chi connectivity index (χ1v) is 9.38. The van der Waals surface area contributed by atoms with Crippen LogP contribution in [0.25, 0.3) is 0 Å². The number of carbonyl (C=O) groups is 1. The van der Waals surface area contributed by atoms with E-state index in [2.05, 4.69) is 24.0 Å². The van der Waals surface area contributed by atoms with Crippen molar-refractivity contribution < 1.29 is 14.3 Å². The second kappa shape index (κ2) is 6.52. The fourth-order valence-electron chi connectivity index (χ4n) is 3.86. The Morgan fingerprint density at radius 1 is 1.42 bits per heavy atom. The van der Waals surface area contributed by atoms with Gasteiger partial charge in [-0.1, -0.05) is 6.92 Å². The smallest absolute Gasteiger partial charge is 0.222 e. The van der Waals surface area contributed by atoms with Gasteiger partial charge >= 0.3 is 0 Å². The summed E-state index contributed by atoms with van der Waals surface area (Å²) in [5.41, 5.74) is 0. The first-order valence-electron chi connectivity index (χ1n) is 9.38. The van der Waals surface area contributed by atoms with Crippen molar-refractivity contribution in [1.82, 2.24) is 9.80 Å². The van der Waals surface area contributed by atoms with Crippen molar-refractivity contribution in [3.63, 3.8) is 0 Å². The van der Waals surface area contributed by atoms with E-state index in [1.54, 1.807) is 4.90 Å². The van der Waals surface area contributed by atoms with Crippen molar-refractivity contribution in [2.75, 3.05) is 19.6 Å². The van der Waals surface area contributed by atoms with E-state index in [4.69, 9.17) is 4.42 Å². The summed E-state index contributed by atoms with van der Waals surface area (Å²) in [4.78, 5) is 15.8. The fraction of sp³-hybridized carbons (Fsp3) is 0.737. The lowest BCUT2D eigenvalue weighted by Crippen LogP contribution is -2.41. The minimum Gasteiger partial charge on any atom is -0.464 e. The average molecular weight is 332 g/mol. The Bertz CT molecular complexity index is 595. The summed E-state index contributed by atoms with van der Waals surface area (Å²) >= 11 is 0. The molecule has 3 unspecified atom stereocenters. The quantitative estimate of drug-likeness (QED) is 0.794. The van der Waals surface area contributed by atoms with E-state index >= 15 is 0 Å². The summed E-state index contributed by atoms with van der Waals surface area (Å²) in [6.07, 6.45) is 4.71. The molecule has 1 aromatic rings. The van der Waals surface area contributed by atoms with Crippen LogP contribution in [0.2, 0.25) is 0 Å². The van der Waals surface area contributed by atoms with Crippen LogP contribution in [-0.4, -0.2) is 52.6 Å². The average Bonchev–Trinajstić information content (AvgIpc) is 3.43. The van der Waals surface area contributed by atoms with Gasteiger partial charge in [-0.2, -0.15) is 0 Å². The molecule has 4 rings (SSSR count). The van der Waals surface area contributed by atoms with Gasteiger partial charge < -0.3 is 14.4 Å². The van der Waals surface area contributed by atoms with Gasteiger partial charge in [-0.05, 0) is 43.7 Å². The van der Waals surface area contributed by atoms with Crippen molar-refractivity contribution in [2.24, 2.45) is 5.92 Å². The minimum absolute atomic E-state index is 0.182. The molecule has 3 fully saturated rings. The van der Waals surface area contributed by atoms with E-state index < -0.39 is 6.10 Å². The Balaban J connectivity index is 1.32. The fourth-order valence-corrected chi connectivity index (χ4v) is 3.86. The van der Waals surface area contributed by atoms with Crippen LogP contribution in [0, 0.1) is 5.92 Å². The number of likely N-dealkylation sites (tertiary alicyclic amines) is 1. The van der Waals surface area contributed by atoms with Gasteiger partial charge in [-0.25, -0.2) is 0 Å². The molecule has 1 aliphatic heterocycles. The maximum Gasteiger partial charge on any atom is 0.222 e. The van der Waals surface area contributed by atoms with Gasteiger partial charge in [0.15, 0.2) is 0 Å². The zero-order valence-electron chi connectivity index (χ0n) is 14.5. The normalized spacial score (nSPS) is 28.0. The molecule has 0 bridgehead atoms. The van der Waals surface area contributed by atoms with Crippen LogP contribution in [0.15, 0.2) is 16.5 Å².